The van der Waals surface area contributed by atoms with Gasteiger partial charge in [-0.15, -0.1) is 10.2 Å². The average Bonchev–Trinajstić information content (AvgIpc) is 2.62. The number of para-hydroxylation sites is 1. The van der Waals surface area contributed by atoms with Crippen LogP contribution in [0.3, 0.4) is 0 Å². The van der Waals surface area contributed by atoms with Crippen LogP contribution >= 0.6 is 0 Å². The summed E-state index contributed by atoms with van der Waals surface area (Å²) in [6.45, 7) is 0.312. The summed E-state index contributed by atoms with van der Waals surface area (Å²) in [5.41, 5.74) is 6.09. The lowest BCUT2D eigenvalue weighted by atomic mass is 10.2. The number of aromatic hydroxyl groups is 2. The molecule has 1 aromatic carbocycles. The van der Waals surface area contributed by atoms with Crippen LogP contribution in [-0.4, -0.2) is 25.0 Å². The van der Waals surface area contributed by atoms with Gasteiger partial charge in [0.25, 0.3) is 0 Å². The summed E-state index contributed by atoms with van der Waals surface area (Å²) in [4.78, 5) is 0. The minimum absolute atomic E-state index is 0.143. The third kappa shape index (κ3) is 2.07. The fraction of sp³-hybridized carbons (Fsp3) is 0.200. The highest BCUT2D eigenvalue weighted by Gasteiger charge is 2.08. The van der Waals surface area contributed by atoms with Crippen molar-refractivity contribution in [3.63, 3.8) is 0 Å². The fourth-order valence-corrected chi connectivity index (χ4v) is 1.39. The zero-order valence-corrected chi connectivity index (χ0v) is 9.25. The van der Waals surface area contributed by atoms with E-state index in [9.17, 15) is 10.2 Å². The Hall–Kier alpha value is -2.44. The lowest BCUT2D eigenvalue weighted by molar-refractivity contribution is 0.400. The Labute approximate surface area is 97.5 Å². The van der Waals surface area contributed by atoms with Crippen molar-refractivity contribution in [3.05, 3.63) is 23.8 Å². The van der Waals surface area contributed by atoms with Crippen LogP contribution in [0.4, 0.5) is 11.9 Å². The number of phenolic OH excluding ortho intramolecular Hbond substituents is 2. The number of hydrogen-bond donors (Lipinski definition) is 4. The zero-order chi connectivity index (χ0) is 12.4. The molecule has 0 amide bonds. The molecule has 0 saturated heterocycles. The highest BCUT2D eigenvalue weighted by Crippen LogP contribution is 2.28. The second-order valence-electron chi connectivity index (χ2n) is 3.58. The lowest BCUT2D eigenvalue weighted by Gasteiger charge is -2.08. The molecule has 90 valence electrons. The molecule has 0 saturated carbocycles. The molecule has 0 radical (unpaired) electrons. The van der Waals surface area contributed by atoms with E-state index in [1.54, 1.807) is 23.7 Å². The highest BCUT2D eigenvalue weighted by molar-refractivity contribution is 5.46. The molecule has 17 heavy (non-hydrogen) atoms. The van der Waals surface area contributed by atoms with Gasteiger partial charge in [0.1, 0.15) is 0 Å². The summed E-state index contributed by atoms with van der Waals surface area (Å²) in [5.74, 6) is 0.495. The molecule has 0 atom stereocenters. The predicted molar refractivity (Wildman–Crippen MR) is 62.5 cm³/mol. The van der Waals surface area contributed by atoms with Gasteiger partial charge in [-0.25, -0.2) is 0 Å². The quantitative estimate of drug-likeness (QED) is 0.574. The monoisotopic (exact) mass is 235 g/mol. The van der Waals surface area contributed by atoms with Crippen LogP contribution in [0.15, 0.2) is 18.2 Å². The zero-order valence-electron chi connectivity index (χ0n) is 9.25. The van der Waals surface area contributed by atoms with Crippen LogP contribution in [0.5, 0.6) is 11.5 Å². The maximum absolute atomic E-state index is 9.59. The number of phenols is 2. The van der Waals surface area contributed by atoms with Crippen LogP contribution in [-0.2, 0) is 13.6 Å². The summed E-state index contributed by atoms with van der Waals surface area (Å²) in [5, 5.41) is 29.4. The van der Waals surface area contributed by atoms with E-state index in [0.29, 0.717) is 24.0 Å². The first kappa shape index (κ1) is 11.1. The minimum Gasteiger partial charge on any atom is -0.504 e. The van der Waals surface area contributed by atoms with Crippen molar-refractivity contribution in [2.24, 2.45) is 7.05 Å². The molecule has 0 aliphatic carbocycles. The number of nitrogens with one attached hydrogen (secondary N) is 1. The molecule has 2 aromatic rings. The van der Waals surface area contributed by atoms with Gasteiger partial charge in [-0.05, 0) is 6.07 Å². The Morgan fingerprint density at radius 3 is 2.76 bits per heavy atom. The Bertz CT molecular complexity index is 537. The molecule has 0 bridgehead atoms. The molecular weight excluding hydrogens is 222 g/mol. The summed E-state index contributed by atoms with van der Waals surface area (Å²) >= 11 is 0. The van der Waals surface area contributed by atoms with Crippen molar-refractivity contribution in [1.82, 2.24) is 14.8 Å². The van der Waals surface area contributed by atoms with E-state index in [1.165, 1.54) is 6.07 Å². The Morgan fingerprint density at radius 2 is 2.12 bits per heavy atom. The summed E-state index contributed by atoms with van der Waals surface area (Å²) in [6.07, 6.45) is 0. The van der Waals surface area contributed by atoms with Gasteiger partial charge in [-0.1, -0.05) is 12.1 Å². The molecule has 7 heteroatoms. The van der Waals surface area contributed by atoms with Crippen LogP contribution in [0.2, 0.25) is 0 Å². The van der Waals surface area contributed by atoms with Crippen LogP contribution in [0.1, 0.15) is 5.56 Å². The van der Waals surface area contributed by atoms with Gasteiger partial charge in [-0.3, -0.25) is 4.57 Å². The van der Waals surface area contributed by atoms with Gasteiger partial charge in [0, 0.05) is 19.2 Å². The van der Waals surface area contributed by atoms with E-state index in [2.05, 4.69) is 15.5 Å². The number of nitrogens with two attached hydrogens (primary N) is 1. The van der Waals surface area contributed by atoms with Crippen molar-refractivity contribution in [1.29, 1.82) is 0 Å². The number of nitrogen functional groups attached to an aromatic ring is 1. The third-order valence-electron chi connectivity index (χ3n) is 2.44. The first-order chi connectivity index (χ1) is 8.09. The Kier molecular flexibility index (Phi) is 2.73. The fourth-order valence-electron chi connectivity index (χ4n) is 1.39. The maximum Gasteiger partial charge on any atom is 0.226 e. The Balaban J connectivity index is 2.13. The van der Waals surface area contributed by atoms with E-state index < -0.39 is 0 Å². The number of rotatable bonds is 3. The molecule has 0 fully saturated rings. The first-order valence-corrected chi connectivity index (χ1v) is 4.98. The summed E-state index contributed by atoms with van der Waals surface area (Å²) in [6, 6.07) is 4.76. The molecule has 0 aliphatic heterocycles. The van der Waals surface area contributed by atoms with Crippen molar-refractivity contribution < 1.29 is 10.2 Å². The lowest BCUT2D eigenvalue weighted by Crippen LogP contribution is -2.06. The van der Waals surface area contributed by atoms with Crippen molar-refractivity contribution in [3.8, 4) is 11.5 Å². The second kappa shape index (κ2) is 4.20. The number of benzene rings is 1. The molecule has 0 spiro atoms. The molecule has 0 aliphatic rings. The predicted octanol–water partition coefficient (Wildman–Crippen LogP) is 0.421. The average molecular weight is 235 g/mol. The standard InChI is InChI=1S/C10H13N5O2/c1-15-9(11)13-14-10(15)12-5-6-3-2-4-7(16)8(6)17/h2-4,16-17H,5H2,1H3,(H2,11,13)(H,12,14). The molecule has 1 aromatic heterocycles. The number of hydrogen-bond acceptors (Lipinski definition) is 6. The third-order valence-corrected chi connectivity index (χ3v) is 2.44. The van der Waals surface area contributed by atoms with Gasteiger partial charge < -0.3 is 21.3 Å². The largest absolute Gasteiger partial charge is 0.504 e. The van der Waals surface area contributed by atoms with Gasteiger partial charge >= 0.3 is 0 Å². The SMILES string of the molecule is Cn1c(N)nnc1NCc1cccc(O)c1O. The van der Waals surface area contributed by atoms with E-state index in [-0.39, 0.29) is 11.5 Å². The molecule has 2 rings (SSSR count). The van der Waals surface area contributed by atoms with Gasteiger partial charge in [0.15, 0.2) is 11.5 Å². The molecule has 7 nitrogen and oxygen atoms in total. The van der Waals surface area contributed by atoms with Gasteiger partial charge in [0.2, 0.25) is 11.9 Å². The van der Waals surface area contributed by atoms with Crippen molar-refractivity contribution >= 4 is 11.9 Å². The van der Waals surface area contributed by atoms with E-state index in [1.807, 2.05) is 0 Å². The number of anilines is 2. The molecule has 0 unspecified atom stereocenters. The maximum atomic E-state index is 9.59. The Morgan fingerprint density at radius 1 is 1.35 bits per heavy atom. The molecule has 1 heterocycles. The number of nitrogens with zero attached hydrogens (tertiary/aromatic N) is 3. The van der Waals surface area contributed by atoms with Crippen molar-refractivity contribution in [2.75, 3.05) is 11.1 Å². The highest BCUT2D eigenvalue weighted by atomic mass is 16.3. The normalized spacial score (nSPS) is 10.4. The summed E-state index contributed by atoms with van der Waals surface area (Å²) < 4.78 is 1.58. The van der Waals surface area contributed by atoms with Crippen LogP contribution < -0.4 is 11.1 Å². The van der Waals surface area contributed by atoms with Crippen molar-refractivity contribution in [2.45, 2.75) is 6.54 Å². The first-order valence-electron chi connectivity index (χ1n) is 4.98. The number of aromatic nitrogens is 3. The minimum atomic E-state index is -0.151. The van der Waals surface area contributed by atoms with E-state index in [4.69, 9.17) is 5.73 Å². The molecule has 5 N–H and O–H groups in total. The molecular formula is C10H13N5O2. The van der Waals surface area contributed by atoms with Gasteiger partial charge in [-0.2, -0.15) is 0 Å². The van der Waals surface area contributed by atoms with E-state index in [0.717, 1.165) is 0 Å². The topological polar surface area (TPSA) is 109 Å². The van der Waals surface area contributed by atoms with Crippen LogP contribution in [0, 0.1) is 0 Å². The van der Waals surface area contributed by atoms with Crippen LogP contribution in [0.25, 0.3) is 0 Å². The summed E-state index contributed by atoms with van der Waals surface area (Å²) in [7, 11) is 1.72. The second-order valence-corrected chi connectivity index (χ2v) is 3.58. The smallest absolute Gasteiger partial charge is 0.226 e. The van der Waals surface area contributed by atoms with E-state index >= 15 is 0 Å². The van der Waals surface area contributed by atoms with Gasteiger partial charge in [0.05, 0.1) is 0 Å².